The van der Waals surface area contributed by atoms with Gasteiger partial charge in [0.2, 0.25) is 12.2 Å². The van der Waals surface area contributed by atoms with Crippen LogP contribution in [-0.4, -0.2) is 34.5 Å². The minimum Gasteiger partial charge on any atom is -0.444 e. The first-order chi connectivity index (χ1) is 12.2. The molecule has 1 fully saturated rings. The molecule has 0 bridgehead atoms. The molecule has 1 unspecified atom stereocenters. The van der Waals surface area contributed by atoms with Crippen LogP contribution in [0, 0.1) is 11.3 Å². The van der Waals surface area contributed by atoms with Gasteiger partial charge in [-0.3, -0.25) is 0 Å². The zero-order valence-electron chi connectivity index (χ0n) is 15.6. The maximum absolute atomic E-state index is 13.4. The van der Waals surface area contributed by atoms with Crippen LogP contribution in [0.1, 0.15) is 68.8 Å². The molecular formula is C19H24FN3O3. The van der Waals surface area contributed by atoms with Crippen LogP contribution in [-0.2, 0) is 17.7 Å². The van der Waals surface area contributed by atoms with E-state index in [4.69, 9.17) is 9.47 Å². The van der Waals surface area contributed by atoms with Gasteiger partial charge in [0.1, 0.15) is 17.2 Å². The lowest BCUT2D eigenvalue weighted by molar-refractivity contribution is 0.0222. The Morgan fingerprint density at radius 2 is 2.08 bits per heavy atom. The zero-order valence-corrected chi connectivity index (χ0v) is 15.6. The summed E-state index contributed by atoms with van der Waals surface area (Å²) in [5.74, 6) is 0.348. The molecule has 1 aliphatic carbocycles. The number of nitrogens with zero attached hydrogens (tertiary/aromatic N) is 3. The number of hydrogen-bond acceptors (Lipinski definition) is 5. The number of pyridine rings is 1. The van der Waals surface area contributed by atoms with Crippen molar-refractivity contribution in [2.24, 2.45) is 0 Å². The summed E-state index contributed by atoms with van der Waals surface area (Å²) in [4.78, 5) is 18.5. The van der Waals surface area contributed by atoms with E-state index >= 15 is 0 Å². The van der Waals surface area contributed by atoms with E-state index < -0.39 is 12.0 Å². The van der Waals surface area contributed by atoms with Crippen molar-refractivity contribution >= 4 is 6.09 Å². The number of halogens is 1. The fourth-order valence-electron chi connectivity index (χ4n) is 3.17. The minimum atomic E-state index is -1.54. The SMILES string of the molecule is CC(F)Oc1nc(C2CC2)c2c(c1C#N)CCN(C(=O)OC(C)(C)C)C2. The number of nitriles is 1. The van der Waals surface area contributed by atoms with Crippen LogP contribution in [0.15, 0.2) is 0 Å². The minimum absolute atomic E-state index is 0.0638. The Labute approximate surface area is 152 Å². The summed E-state index contributed by atoms with van der Waals surface area (Å²) in [6.45, 7) is 7.54. The summed E-state index contributed by atoms with van der Waals surface area (Å²) in [7, 11) is 0. The van der Waals surface area contributed by atoms with Crippen molar-refractivity contribution in [2.75, 3.05) is 6.54 Å². The Hall–Kier alpha value is -2.36. The molecular weight excluding hydrogens is 337 g/mol. The Balaban J connectivity index is 1.96. The second-order valence-corrected chi connectivity index (χ2v) is 7.83. The normalized spacial score (nSPS) is 17.9. The molecule has 3 rings (SSSR count). The van der Waals surface area contributed by atoms with Gasteiger partial charge >= 0.3 is 6.09 Å². The smallest absolute Gasteiger partial charge is 0.410 e. The van der Waals surface area contributed by atoms with Crippen molar-refractivity contribution in [3.8, 4) is 11.9 Å². The first-order valence-electron chi connectivity index (χ1n) is 8.94. The van der Waals surface area contributed by atoms with Crippen LogP contribution in [0.3, 0.4) is 0 Å². The zero-order chi connectivity index (χ0) is 19.1. The highest BCUT2D eigenvalue weighted by Gasteiger charge is 2.36. The van der Waals surface area contributed by atoms with Gasteiger partial charge < -0.3 is 14.4 Å². The highest BCUT2D eigenvalue weighted by Crippen LogP contribution is 2.44. The molecule has 0 N–H and O–H groups in total. The average Bonchev–Trinajstić information content (AvgIpc) is 3.36. The molecule has 140 valence electrons. The number of aromatic nitrogens is 1. The van der Waals surface area contributed by atoms with Gasteiger partial charge in [0.25, 0.3) is 0 Å². The van der Waals surface area contributed by atoms with Crippen LogP contribution >= 0.6 is 0 Å². The van der Waals surface area contributed by atoms with Gasteiger partial charge in [0, 0.05) is 19.4 Å². The summed E-state index contributed by atoms with van der Waals surface area (Å²) in [5.41, 5.74) is 2.24. The third-order valence-electron chi connectivity index (χ3n) is 4.39. The highest BCUT2D eigenvalue weighted by atomic mass is 19.1. The Bertz CT molecular complexity index is 761. The van der Waals surface area contributed by atoms with E-state index in [1.54, 1.807) is 4.90 Å². The summed E-state index contributed by atoms with van der Waals surface area (Å²) >= 11 is 0. The molecule has 0 saturated heterocycles. The first kappa shape index (κ1) is 18.4. The van der Waals surface area contributed by atoms with Crippen molar-refractivity contribution in [2.45, 2.75) is 71.4 Å². The molecule has 1 aromatic heterocycles. The van der Waals surface area contributed by atoms with Gasteiger partial charge in [0.05, 0.1) is 12.2 Å². The first-order valence-corrected chi connectivity index (χ1v) is 8.94. The van der Waals surface area contributed by atoms with Gasteiger partial charge in [-0.25, -0.2) is 14.2 Å². The van der Waals surface area contributed by atoms with Crippen molar-refractivity contribution < 1.29 is 18.7 Å². The standard InChI is InChI=1S/C19H24FN3O3/c1-11(20)25-17-14(9-21)13-7-8-23(18(24)26-19(2,3)4)10-15(13)16(22-17)12-5-6-12/h11-12H,5-8,10H2,1-4H3. The molecule has 26 heavy (non-hydrogen) atoms. The molecule has 1 amide bonds. The quantitative estimate of drug-likeness (QED) is 0.818. The average molecular weight is 361 g/mol. The fourth-order valence-corrected chi connectivity index (χ4v) is 3.17. The number of rotatable bonds is 3. The van der Waals surface area contributed by atoms with E-state index in [1.807, 2.05) is 20.8 Å². The van der Waals surface area contributed by atoms with E-state index in [0.717, 1.165) is 29.7 Å². The van der Waals surface area contributed by atoms with E-state index in [0.29, 0.717) is 19.5 Å². The summed E-state index contributed by atoms with van der Waals surface area (Å²) in [5, 5.41) is 9.56. The molecule has 0 spiro atoms. The molecule has 0 aromatic carbocycles. The van der Waals surface area contributed by atoms with Crippen LogP contribution in [0.25, 0.3) is 0 Å². The predicted octanol–water partition coefficient (Wildman–Crippen LogP) is 3.82. The van der Waals surface area contributed by atoms with E-state index in [-0.39, 0.29) is 23.5 Å². The molecule has 2 heterocycles. The van der Waals surface area contributed by atoms with E-state index in [9.17, 15) is 14.4 Å². The van der Waals surface area contributed by atoms with Crippen molar-refractivity contribution in [3.63, 3.8) is 0 Å². The Morgan fingerprint density at radius 1 is 1.38 bits per heavy atom. The Morgan fingerprint density at radius 3 is 2.62 bits per heavy atom. The molecule has 6 nitrogen and oxygen atoms in total. The van der Waals surface area contributed by atoms with Gasteiger partial charge in [-0.2, -0.15) is 5.26 Å². The van der Waals surface area contributed by atoms with Crippen LogP contribution in [0.2, 0.25) is 0 Å². The van der Waals surface area contributed by atoms with Gasteiger partial charge in [-0.05, 0) is 51.2 Å². The lowest BCUT2D eigenvalue weighted by atomic mass is 9.93. The van der Waals surface area contributed by atoms with Gasteiger partial charge in [-0.1, -0.05) is 0 Å². The topological polar surface area (TPSA) is 75.5 Å². The maximum atomic E-state index is 13.4. The molecule has 2 aliphatic rings. The fraction of sp³-hybridized carbons (Fsp3) is 0.632. The summed E-state index contributed by atoms with van der Waals surface area (Å²) < 4.78 is 24.0. The number of ether oxygens (including phenoxy) is 2. The lowest BCUT2D eigenvalue weighted by Crippen LogP contribution is -2.40. The number of carbonyl (C=O) groups excluding carboxylic acids is 1. The lowest BCUT2D eigenvalue weighted by Gasteiger charge is -2.32. The monoisotopic (exact) mass is 361 g/mol. The van der Waals surface area contributed by atoms with Gasteiger partial charge in [-0.15, -0.1) is 0 Å². The highest BCUT2D eigenvalue weighted by molar-refractivity contribution is 5.69. The van der Waals surface area contributed by atoms with Crippen molar-refractivity contribution in [1.29, 1.82) is 5.26 Å². The number of carbonyl (C=O) groups is 1. The summed E-state index contributed by atoms with van der Waals surface area (Å²) in [6.07, 6.45) is 0.587. The largest absolute Gasteiger partial charge is 0.444 e. The number of fused-ring (bicyclic) bond motifs is 1. The van der Waals surface area contributed by atoms with E-state index in [2.05, 4.69) is 11.1 Å². The van der Waals surface area contributed by atoms with Crippen LogP contribution in [0.5, 0.6) is 5.88 Å². The maximum Gasteiger partial charge on any atom is 0.410 e. The molecule has 1 saturated carbocycles. The van der Waals surface area contributed by atoms with E-state index in [1.165, 1.54) is 6.92 Å². The molecule has 7 heteroatoms. The summed E-state index contributed by atoms with van der Waals surface area (Å²) in [6, 6.07) is 2.11. The molecule has 0 radical (unpaired) electrons. The third-order valence-corrected chi connectivity index (χ3v) is 4.39. The van der Waals surface area contributed by atoms with Crippen molar-refractivity contribution in [1.82, 2.24) is 9.88 Å². The van der Waals surface area contributed by atoms with Crippen LogP contribution < -0.4 is 4.74 Å². The van der Waals surface area contributed by atoms with Crippen LogP contribution in [0.4, 0.5) is 9.18 Å². The molecule has 1 aromatic rings. The molecule has 1 atom stereocenters. The van der Waals surface area contributed by atoms with Crippen molar-refractivity contribution in [3.05, 3.63) is 22.4 Å². The molecule has 1 aliphatic heterocycles. The number of alkyl halides is 1. The number of hydrogen-bond donors (Lipinski definition) is 0. The predicted molar refractivity (Wildman–Crippen MR) is 92.5 cm³/mol. The van der Waals surface area contributed by atoms with Gasteiger partial charge in [0.15, 0.2) is 0 Å². The third kappa shape index (κ3) is 3.90. The Kier molecular flexibility index (Phi) is 4.78. The second-order valence-electron chi connectivity index (χ2n) is 7.83. The number of amides is 1. The second kappa shape index (κ2) is 6.75.